The zero-order valence-electron chi connectivity index (χ0n) is 12.8. The van der Waals surface area contributed by atoms with Gasteiger partial charge in [-0.3, -0.25) is 0 Å². The second-order valence-electron chi connectivity index (χ2n) is 4.85. The van der Waals surface area contributed by atoms with Crippen LogP contribution in [0.5, 0.6) is 11.5 Å². The Balaban J connectivity index is 2.17. The smallest absolute Gasteiger partial charge is 0.124 e. The zero-order chi connectivity index (χ0) is 15.2. The molecule has 2 N–H and O–H groups in total. The van der Waals surface area contributed by atoms with Crippen molar-refractivity contribution < 1.29 is 9.47 Å². The van der Waals surface area contributed by atoms with Gasteiger partial charge in [-0.05, 0) is 49.4 Å². The van der Waals surface area contributed by atoms with Crippen LogP contribution in [0.4, 0.5) is 11.4 Å². The Kier molecular flexibility index (Phi) is 4.93. The minimum Gasteiger partial charge on any atom is -0.497 e. The quantitative estimate of drug-likeness (QED) is 0.828. The Morgan fingerprint density at radius 1 is 1.10 bits per heavy atom. The first-order chi connectivity index (χ1) is 10.1. The molecule has 0 saturated heterocycles. The number of benzene rings is 2. The highest BCUT2D eigenvalue weighted by Gasteiger charge is 2.08. The second kappa shape index (κ2) is 6.88. The monoisotopic (exact) mass is 286 g/mol. The van der Waals surface area contributed by atoms with Crippen molar-refractivity contribution in [3.05, 3.63) is 48.0 Å². The third-order valence-corrected chi connectivity index (χ3v) is 3.31. The van der Waals surface area contributed by atoms with E-state index in [2.05, 4.69) is 4.90 Å². The number of methoxy groups -OCH3 is 1. The lowest BCUT2D eigenvalue weighted by Gasteiger charge is -2.21. The van der Waals surface area contributed by atoms with E-state index in [4.69, 9.17) is 15.2 Å². The van der Waals surface area contributed by atoms with Crippen molar-refractivity contribution in [3.63, 3.8) is 0 Å². The molecule has 0 aromatic heterocycles. The summed E-state index contributed by atoms with van der Waals surface area (Å²) in [7, 11) is 3.71. The van der Waals surface area contributed by atoms with Gasteiger partial charge in [0.25, 0.3) is 0 Å². The van der Waals surface area contributed by atoms with Crippen molar-refractivity contribution in [3.8, 4) is 11.5 Å². The van der Waals surface area contributed by atoms with E-state index in [1.807, 2.05) is 56.4 Å². The summed E-state index contributed by atoms with van der Waals surface area (Å²) in [6.07, 6.45) is 0. The summed E-state index contributed by atoms with van der Waals surface area (Å²) in [5.74, 6) is 1.73. The SMILES string of the molecule is CCOc1ccc(N)cc1CN(C)c1ccc(OC)cc1. The van der Waals surface area contributed by atoms with E-state index in [-0.39, 0.29) is 0 Å². The number of hydrogen-bond donors (Lipinski definition) is 1. The molecular formula is C17H22N2O2. The Hall–Kier alpha value is -2.36. The lowest BCUT2D eigenvalue weighted by Crippen LogP contribution is -2.17. The van der Waals surface area contributed by atoms with Crippen LogP contribution in [0.3, 0.4) is 0 Å². The molecule has 4 heteroatoms. The number of nitrogens with zero attached hydrogens (tertiary/aromatic N) is 1. The fourth-order valence-electron chi connectivity index (χ4n) is 2.20. The highest BCUT2D eigenvalue weighted by atomic mass is 16.5. The van der Waals surface area contributed by atoms with Crippen molar-refractivity contribution in [1.82, 2.24) is 0 Å². The molecule has 0 aliphatic heterocycles. The molecule has 2 aromatic rings. The van der Waals surface area contributed by atoms with Crippen LogP contribution in [0.2, 0.25) is 0 Å². The largest absolute Gasteiger partial charge is 0.497 e. The highest BCUT2D eigenvalue weighted by molar-refractivity contribution is 5.52. The van der Waals surface area contributed by atoms with Gasteiger partial charge >= 0.3 is 0 Å². The zero-order valence-corrected chi connectivity index (χ0v) is 12.8. The normalized spacial score (nSPS) is 10.2. The van der Waals surface area contributed by atoms with Gasteiger partial charge in [-0.2, -0.15) is 0 Å². The summed E-state index contributed by atoms with van der Waals surface area (Å²) in [6, 6.07) is 13.7. The van der Waals surface area contributed by atoms with Crippen LogP contribution in [-0.2, 0) is 6.54 Å². The molecule has 0 saturated carbocycles. The van der Waals surface area contributed by atoms with E-state index in [1.165, 1.54) is 0 Å². The highest BCUT2D eigenvalue weighted by Crippen LogP contribution is 2.25. The molecule has 0 bridgehead atoms. The molecule has 4 nitrogen and oxygen atoms in total. The van der Waals surface area contributed by atoms with Crippen LogP contribution >= 0.6 is 0 Å². The van der Waals surface area contributed by atoms with Gasteiger partial charge in [-0.25, -0.2) is 0 Å². The van der Waals surface area contributed by atoms with Crippen molar-refractivity contribution >= 4 is 11.4 Å². The number of anilines is 2. The number of rotatable bonds is 6. The van der Waals surface area contributed by atoms with Crippen LogP contribution < -0.4 is 20.1 Å². The van der Waals surface area contributed by atoms with Gasteiger partial charge in [0.1, 0.15) is 11.5 Å². The first-order valence-corrected chi connectivity index (χ1v) is 7.00. The maximum atomic E-state index is 5.89. The molecule has 0 unspecified atom stereocenters. The first kappa shape index (κ1) is 15.0. The molecular weight excluding hydrogens is 264 g/mol. The molecule has 2 rings (SSSR count). The summed E-state index contributed by atoms with van der Waals surface area (Å²) in [6.45, 7) is 3.35. The molecule has 0 aliphatic carbocycles. The van der Waals surface area contributed by atoms with Crippen LogP contribution in [0, 0.1) is 0 Å². The van der Waals surface area contributed by atoms with Crippen LogP contribution in [-0.4, -0.2) is 20.8 Å². The van der Waals surface area contributed by atoms with E-state index >= 15 is 0 Å². The average molecular weight is 286 g/mol. The maximum absolute atomic E-state index is 5.89. The molecule has 0 amide bonds. The number of ether oxygens (including phenoxy) is 2. The standard InChI is InChI=1S/C17H22N2O2/c1-4-21-17-10-5-14(18)11-13(17)12-19(2)15-6-8-16(20-3)9-7-15/h5-11H,4,12,18H2,1-3H3. The summed E-state index contributed by atoms with van der Waals surface area (Å²) < 4.78 is 10.8. The predicted molar refractivity (Wildman–Crippen MR) is 87.1 cm³/mol. The van der Waals surface area contributed by atoms with Gasteiger partial charge in [0.15, 0.2) is 0 Å². The van der Waals surface area contributed by atoms with Gasteiger partial charge in [0.05, 0.1) is 13.7 Å². The topological polar surface area (TPSA) is 47.7 Å². The third kappa shape index (κ3) is 3.81. The Morgan fingerprint density at radius 3 is 2.43 bits per heavy atom. The summed E-state index contributed by atoms with van der Waals surface area (Å²) in [5, 5.41) is 0. The van der Waals surface area contributed by atoms with Crippen molar-refractivity contribution in [2.24, 2.45) is 0 Å². The Labute approximate surface area is 126 Å². The Morgan fingerprint density at radius 2 is 1.81 bits per heavy atom. The molecule has 2 aromatic carbocycles. The van der Waals surface area contributed by atoms with E-state index in [0.29, 0.717) is 6.61 Å². The predicted octanol–water partition coefficient (Wildman–Crippen LogP) is 3.31. The first-order valence-electron chi connectivity index (χ1n) is 7.00. The van der Waals surface area contributed by atoms with Crippen LogP contribution in [0.15, 0.2) is 42.5 Å². The van der Waals surface area contributed by atoms with Crippen molar-refractivity contribution in [2.45, 2.75) is 13.5 Å². The van der Waals surface area contributed by atoms with Gasteiger partial charge in [0, 0.05) is 30.5 Å². The van der Waals surface area contributed by atoms with E-state index in [9.17, 15) is 0 Å². The fourth-order valence-corrected chi connectivity index (χ4v) is 2.20. The lowest BCUT2D eigenvalue weighted by atomic mass is 10.1. The molecule has 0 spiro atoms. The maximum Gasteiger partial charge on any atom is 0.124 e. The molecule has 112 valence electrons. The summed E-state index contributed by atoms with van der Waals surface area (Å²) in [4.78, 5) is 2.15. The molecule has 0 aliphatic rings. The summed E-state index contributed by atoms with van der Waals surface area (Å²) >= 11 is 0. The van der Waals surface area contributed by atoms with Crippen LogP contribution in [0.25, 0.3) is 0 Å². The second-order valence-corrected chi connectivity index (χ2v) is 4.85. The Bertz CT molecular complexity index is 582. The van der Waals surface area contributed by atoms with Crippen LogP contribution in [0.1, 0.15) is 12.5 Å². The number of nitrogens with two attached hydrogens (primary N) is 1. The fraction of sp³-hybridized carbons (Fsp3) is 0.294. The number of nitrogen functional groups attached to an aromatic ring is 1. The van der Waals surface area contributed by atoms with E-state index in [0.717, 1.165) is 35.0 Å². The molecule has 0 atom stereocenters. The number of hydrogen-bond acceptors (Lipinski definition) is 4. The minimum absolute atomic E-state index is 0.642. The van der Waals surface area contributed by atoms with E-state index < -0.39 is 0 Å². The van der Waals surface area contributed by atoms with Gasteiger partial charge in [-0.1, -0.05) is 0 Å². The van der Waals surface area contributed by atoms with Crippen molar-refractivity contribution in [2.75, 3.05) is 31.4 Å². The molecule has 0 heterocycles. The molecule has 0 fully saturated rings. The molecule has 0 radical (unpaired) electrons. The van der Waals surface area contributed by atoms with E-state index in [1.54, 1.807) is 7.11 Å². The minimum atomic E-state index is 0.642. The van der Waals surface area contributed by atoms with Crippen molar-refractivity contribution in [1.29, 1.82) is 0 Å². The summed E-state index contributed by atoms with van der Waals surface area (Å²) in [5.41, 5.74) is 8.82. The third-order valence-electron chi connectivity index (χ3n) is 3.31. The van der Waals surface area contributed by atoms with Gasteiger partial charge in [-0.15, -0.1) is 0 Å². The lowest BCUT2D eigenvalue weighted by molar-refractivity contribution is 0.336. The van der Waals surface area contributed by atoms with Gasteiger partial charge < -0.3 is 20.1 Å². The molecule has 21 heavy (non-hydrogen) atoms. The average Bonchev–Trinajstić information content (AvgIpc) is 2.50. The van der Waals surface area contributed by atoms with Gasteiger partial charge in [0.2, 0.25) is 0 Å².